The fourth-order valence-electron chi connectivity index (χ4n) is 1.75. The van der Waals surface area contributed by atoms with E-state index in [1.54, 1.807) is 11.3 Å². The maximum absolute atomic E-state index is 12.3. The average Bonchev–Trinajstić information content (AvgIpc) is 3.04. The Morgan fingerprint density at radius 1 is 1.50 bits per heavy atom. The lowest BCUT2D eigenvalue weighted by molar-refractivity contribution is 0.983. The predicted molar refractivity (Wildman–Crippen MR) is 91.1 cm³/mol. The second-order valence-electron chi connectivity index (χ2n) is 3.93. The molecule has 8 heteroatoms. The number of hydrogen-bond donors (Lipinski definition) is 2. The molecular weight excluding hydrogens is 330 g/mol. The van der Waals surface area contributed by atoms with Crippen LogP contribution in [-0.2, 0) is 0 Å². The van der Waals surface area contributed by atoms with Gasteiger partial charge in [0.1, 0.15) is 4.83 Å². The summed E-state index contributed by atoms with van der Waals surface area (Å²) in [5.41, 5.74) is 6.28. The van der Waals surface area contributed by atoms with Crippen molar-refractivity contribution in [3.63, 3.8) is 0 Å². The SMILES string of the molecule is NC(=S)CSc1nc2scc(-c3cccs3)c2c(=O)[nH]1. The molecule has 3 rings (SSSR count). The standard InChI is InChI=1S/C12H9N3OS4/c13-8(17)5-20-12-14-10(16)9-6(4-19-11(9)15-12)7-2-1-3-18-7/h1-4H,5H2,(H2,13,17)(H,14,15,16). The van der Waals surface area contributed by atoms with Crippen LogP contribution >= 0.6 is 46.7 Å². The molecule has 0 saturated carbocycles. The van der Waals surface area contributed by atoms with Crippen LogP contribution in [0.15, 0.2) is 32.8 Å². The van der Waals surface area contributed by atoms with Crippen LogP contribution in [0.25, 0.3) is 20.7 Å². The first-order valence-electron chi connectivity index (χ1n) is 5.61. The molecule has 0 unspecified atom stereocenters. The fraction of sp³-hybridized carbons (Fsp3) is 0.0833. The van der Waals surface area contributed by atoms with E-state index in [9.17, 15) is 4.79 Å². The van der Waals surface area contributed by atoms with Crippen molar-refractivity contribution in [2.45, 2.75) is 5.16 Å². The number of thioether (sulfide) groups is 1. The normalized spacial score (nSPS) is 11.0. The zero-order valence-electron chi connectivity index (χ0n) is 10.1. The molecule has 0 bridgehead atoms. The van der Waals surface area contributed by atoms with E-state index in [0.29, 0.717) is 21.3 Å². The molecule has 0 aliphatic carbocycles. The van der Waals surface area contributed by atoms with Crippen molar-refractivity contribution < 1.29 is 0 Å². The topological polar surface area (TPSA) is 71.8 Å². The zero-order valence-corrected chi connectivity index (χ0v) is 13.3. The lowest BCUT2D eigenvalue weighted by Gasteiger charge is -2.00. The number of hydrogen-bond acceptors (Lipinski definition) is 6. The minimum absolute atomic E-state index is 0.120. The number of fused-ring (bicyclic) bond motifs is 1. The maximum atomic E-state index is 12.3. The van der Waals surface area contributed by atoms with Gasteiger partial charge in [-0.3, -0.25) is 4.79 Å². The van der Waals surface area contributed by atoms with Crippen molar-refractivity contribution in [2.24, 2.45) is 5.73 Å². The molecule has 0 fully saturated rings. The van der Waals surface area contributed by atoms with Crippen LogP contribution in [0.2, 0.25) is 0 Å². The number of nitrogens with two attached hydrogens (primary N) is 1. The van der Waals surface area contributed by atoms with Gasteiger partial charge >= 0.3 is 0 Å². The fourth-order valence-corrected chi connectivity index (χ4v) is 4.35. The minimum Gasteiger partial charge on any atom is -0.393 e. The third-order valence-corrected chi connectivity index (χ3v) is 5.58. The number of nitrogens with zero attached hydrogens (tertiary/aromatic N) is 1. The molecule has 3 N–H and O–H groups in total. The largest absolute Gasteiger partial charge is 0.393 e. The Morgan fingerprint density at radius 2 is 2.35 bits per heavy atom. The zero-order chi connectivity index (χ0) is 14.1. The lowest BCUT2D eigenvalue weighted by atomic mass is 10.2. The summed E-state index contributed by atoms with van der Waals surface area (Å²) in [6.07, 6.45) is 0. The summed E-state index contributed by atoms with van der Waals surface area (Å²) in [7, 11) is 0. The van der Waals surface area contributed by atoms with E-state index in [-0.39, 0.29) is 5.56 Å². The van der Waals surface area contributed by atoms with Crippen molar-refractivity contribution in [2.75, 3.05) is 5.75 Å². The third kappa shape index (κ3) is 2.64. The Bertz CT molecular complexity index is 819. The van der Waals surface area contributed by atoms with Gasteiger partial charge in [-0.2, -0.15) is 0 Å². The summed E-state index contributed by atoms with van der Waals surface area (Å²) in [6, 6.07) is 3.97. The molecule has 20 heavy (non-hydrogen) atoms. The van der Waals surface area contributed by atoms with E-state index in [1.165, 1.54) is 23.1 Å². The number of aromatic amines is 1. The molecule has 0 aliphatic rings. The second kappa shape index (κ2) is 5.65. The van der Waals surface area contributed by atoms with Gasteiger partial charge in [0.15, 0.2) is 5.16 Å². The number of nitrogens with one attached hydrogen (secondary N) is 1. The molecule has 3 aromatic rings. The number of thiophene rings is 2. The summed E-state index contributed by atoms with van der Waals surface area (Å²) in [6.45, 7) is 0. The van der Waals surface area contributed by atoms with Gasteiger partial charge in [-0.1, -0.05) is 30.0 Å². The lowest BCUT2D eigenvalue weighted by Crippen LogP contribution is -2.13. The highest BCUT2D eigenvalue weighted by molar-refractivity contribution is 8.00. The van der Waals surface area contributed by atoms with Gasteiger partial charge in [0, 0.05) is 15.8 Å². The summed E-state index contributed by atoms with van der Waals surface area (Å²) in [4.78, 5) is 21.7. The molecule has 0 amide bonds. The Labute approximate surface area is 132 Å². The minimum atomic E-state index is -0.120. The first kappa shape index (κ1) is 13.7. The molecule has 0 aliphatic heterocycles. The molecule has 0 spiro atoms. The monoisotopic (exact) mass is 339 g/mol. The van der Waals surface area contributed by atoms with Gasteiger partial charge in [-0.05, 0) is 11.4 Å². The molecule has 0 atom stereocenters. The van der Waals surface area contributed by atoms with Gasteiger partial charge in [0.25, 0.3) is 5.56 Å². The Hall–Kier alpha value is -1.22. The third-order valence-electron chi connectivity index (χ3n) is 2.56. The predicted octanol–water partition coefficient (Wildman–Crippen LogP) is 3.09. The Balaban J connectivity index is 2.07. The van der Waals surface area contributed by atoms with Crippen molar-refractivity contribution in [3.05, 3.63) is 33.2 Å². The molecule has 0 radical (unpaired) electrons. The smallest absolute Gasteiger partial charge is 0.260 e. The Morgan fingerprint density at radius 3 is 3.05 bits per heavy atom. The Kier molecular flexibility index (Phi) is 3.88. The molecule has 0 aromatic carbocycles. The van der Waals surface area contributed by atoms with Crippen molar-refractivity contribution in [3.8, 4) is 10.4 Å². The van der Waals surface area contributed by atoms with Crippen LogP contribution in [-0.4, -0.2) is 20.7 Å². The number of aromatic nitrogens is 2. The van der Waals surface area contributed by atoms with Crippen molar-refractivity contribution >= 4 is 61.9 Å². The van der Waals surface area contributed by atoms with Gasteiger partial charge in [0.05, 0.1) is 16.1 Å². The van der Waals surface area contributed by atoms with Gasteiger partial charge in [-0.25, -0.2) is 4.98 Å². The summed E-state index contributed by atoms with van der Waals surface area (Å²) < 4.78 is 0. The number of thiocarbonyl (C=S) groups is 1. The molecule has 102 valence electrons. The maximum Gasteiger partial charge on any atom is 0.260 e. The quantitative estimate of drug-likeness (QED) is 0.434. The molecular formula is C12H9N3OS4. The van der Waals surface area contributed by atoms with Crippen molar-refractivity contribution in [1.29, 1.82) is 0 Å². The highest BCUT2D eigenvalue weighted by atomic mass is 32.2. The van der Waals surface area contributed by atoms with Gasteiger partial charge in [-0.15, -0.1) is 22.7 Å². The second-order valence-corrected chi connectivity index (χ2v) is 7.23. The molecule has 0 saturated heterocycles. The van der Waals surface area contributed by atoms with E-state index in [2.05, 4.69) is 9.97 Å². The van der Waals surface area contributed by atoms with Crippen LogP contribution in [0.4, 0.5) is 0 Å². The molecule has 3 heterocycles. The van der Waals surface area contributed by atoms with E-state index in [1.807, 2.05) is 22.9 Å². The molecule has 4 nitrogen and oxygen atoms in total. The average molecular weight is 339 g/mol. The van der Waals surface area contributed by atoms with E-state index in [0.717, 1.165) is 15.3 Å². The molecule has 3 aromatic heterocycles. The highest BCUT2D eigenvalue weighted by Gasteiger charge is 2.13. The first-order chi connectivity index (χ1) is 9.65. The summed E-state index contributed by atoms with van der Waals surface area (Å²) >= 11 is 9.25. The summed E-state index contributed by atoms with van der Waals surface area (Å²) in [5, 5.41) is 5.17. The summed E-state index contributed by atoms with van der Waals surface area (Å²) in [5.74, 6) is 0.465. The van der Waals surface area contributed by atoms with Crippen LogP contribution in [0.3, 0.4) is 0 Å². The first-order valence-corrected chi connectivity index (χ1v) is 8.77. The van der Waals surface area contributed by atoms with Crippen molar-refractivity contribution in [1.82, 2.24) is 9.97 Å². The highest BCUT2D eigenvalue weighted by Crippen LogP contribution is 2.33. The van der Waals surface area contributed by atoms with Crippen LogP contribution in [0.1, 0.15) is 0 Å². The van der Waals surface area contributed by atoms with E-state index < -0.39 is 0 Å². The van der Waals surface area contributed by atoms with Gasteiger partial charge in [0.2, 0.25) is 0 Å². The van der Waals surface area contributed by atoms with E-state index in [4.69, 9.17) is 18.0 Å². The number of H-pyrrole nitrogens is 1. The van der Waals surface area contributed by atoms with Crippen LogP contribution in [0, 0.1) is 0 Å². The number of rotatable bonds is 4. The van der Waals surface area contributed by atoms with Gasteiger partial charge < -0.3 is 10.7 Å². The van der Waals surface area contributed by atoms with E-state index >= 15 is 0 Å². The van der Waals surface area contributed by atoms with Crippen LogP contribution in [0.5, 0.6) is 0 Å². The van der Waals surface area contributed by atoms with Crippen LogP contribution < -0.4 is 11.3 Å².